The van der Waals surface area contributed by atoms with Crippen LogP contribution in [0, 0.1) is 35.5 Å². The van der Waals surface area contributed by atoms with Crippen LogP contribution in [0.4, 0.5) is 0 Å². The molecule has 2 heteroatoms. The van der Waals surface area contributed by atoms with Crippen LogP contribution in [0.15, 0.2) is 48.6 Å². The van der Waals surface area contributed by atoms with Crippen LogP contribution in [0.5, 0.6) is 0 Å². The summed E-state index contributed by atoms with van der Waals surface area (Å²) < 4.78 is 11.0. The minimum Gasteiger partial charge on any atom is -0.378 e. The smallest absolute Gasteiger partial charge is 0.0657 e. The van der Waals surface area contributed by atoms with Crippen molar-refractivity contribution in [1.82, 2.24) is 0 Å². The Morgan fingerprint density at radius 1 is 0.455 bits per heavy atom. The lowest BCUT2D eigenvalue weighted by molar-refractivity contribution is 0.0251. The average Bonchev–Trinajstić information content (AvgIpc) is 2.95. The maximum Gasteiger partial charge on any atom is 0.0657 e. The molecule has 0 aliphatic carbocycles. The van der Waals surface area contributed by atoms with Crippen LogP contribution in [0.1, 0.15) is 159 Å². The molecular formula is C42H78O2. The van der Waals surface area contributed by atoms with E-state index in [0.717, 1.165) is 31.1 Å². The van der Waals surface area contributed by atoms with E-state index in [0.29, 0.717) is 23.7 Å². The van der Waals surface area contributed by atoms with Crippen LogP contribution in [-0.4, -0.2) is 25.4 Å². The van der Waals surface area contributed by atoms with Crippen LogP contribution in [0.2, 0.25) is 0 Å². The summed E-state index contributed by atoms with van der Waals surface area (Å²) in [5.41, 5.74) is -0.113. The van der Waals surface area contributed by atoms with Crippen LogP contribution >= 0.6 is 0 Å². The van der Waals surface area contributed by atoms with Crippen molar-refractivity contribution in [3.8, 4) is 0 Å². The highest BCUT2D eigenvalue weighted by molar-refractivity contribution is 4.96. The molecule has 0 rings (SSSR count). The monoisotopic (exact) mass is 615 g/mol. The molecule has 0 saturated heterocycles. The number of hydrogen-bond donors (Lipinski definition) is 0. The maximum atomic E-state index is 5.51. The highest BCUT2D eigenvalue weighted by Gasteiger charge is 2.14. The molecule has 0 aromatic carbocycles. The van der Waals surface area contributed by atoms with Gasteiger partial charge in [0.05, 0.1) is 11.2 Å². The van der Waals surface area contributed by atoms with Gasteiger partial charge in [0.25, 0.3) is 0 Å². The first-order valence-electron chi connectivity index (χ1n) is 18.5. The van der Waals surface area contributed by atoms with E-state index in [1.54, 1.807) is 14.2 Å². The Morgan fingerprint density at radius 3 is 1.30 bits per heavy atom. The van der Waals surface area contributed by atoms with Crippen LogP contribution in [0.3, 0.4) is 0 Å². The van der Waals surface area contributed by atoms with Gasteiger partial charge in [0.1, 0.15) is 0 Å². The Kier molecular flexibility index (Phi) is 24.4. The second-order valence-electron chi connectivity index (χ2n) is 15.8. The zero-order chi connectivity index (χ0) is 33.4. The summed E-state index contributed by atoms with van der Waals surface area (Å²) >= 11 is 0. The maximum absolute atomic E-state index is 5.51. The molecule has 0 aliphatic heterocycles. The number of hydrogen-bond acceptors (Lipinski definition) is 2. The largest absolute Gasteiger partial charge is 0.378 e. The molecule has 0 bridgehead atoms. The molecule has 0 aromatic heterocycles. The molecule has 0 saturated carbocycles. The van der Waals surface area contributed by atoms with Crippen molar-refractivity contribution in [3.63, 3.8) is 0 Å². The lowest BCUT2D eigenvalue weighted by atomic mass is 9.91. The van der Waals surface area contributed by atoms with E-state index in [-0.39, 0.29) is 11.2 Å². The summed E-state index contributed by atoms with van der Waals surface area (Å²) in [5.74, 6) is 4.31. The van der Waals surface area contributed by atoms with Gasteiger partial charge in [-0.25, -0.2) is 0 Å². The lowest BCUT2D eigenvalue weighted by Crippen LogP contribution is -2.20. The van der Waals surface area contributed by atoms with Crippen molar-refractivity contribution in [2.24, 2.45) is 35.5 Å². The topological polar surface area (TPSA) is 18.5 Å². The lowest BCUT2D eigenvalue weighted by Gasteiger charge is -2.20. The van der Waals surface area contributed by atoms with Crippen molar-refractivity contribution >= 4 is 0 Å². The quantitative estimate of drug-likeness (QED) is 0.0857. The number of rotatable bonds is 27. The molecular weight excluding hydrogens is 536 g/mol. The van der Waals surface area contributed by atoms with Crippen molar-refractivity contribution in [1.29, 1.82) is 0 Å². The third kappa shape index (κ3) is 26.1. The van der Waals surface area contributed by atoms with Crippen molar-refractivity contribution in [2.75, 3.05) is 14.2 Å². The molecule has 0 amide bonds. The fourth-order valence-corrected chi connectivity index (χ4v) is 5.59. The second-order valence-corrected chi connectivity index (χ2v) is 15.8. The summed E-state index contributed by atoms with van der Waals surface area (Å²) in [6.07, 6.45) is 36.8. The van der Waals surface area contributed by atoms with Crippen molar-refractivity contribution in [3.05, 3.63) is 48.6 Å². The predicted octanol–water partition coefficient (Wildman–Crippen LogP) is 13.3. The fourth-order valence-electron chi connectivity index (χ4n) is 5.59. The SMILES string of the molecule is COC(C)(C)C/C=C/C(C)C/C=C/C(C)CCCC(C)/C=C/CCC(C)CCCC(C)CCCC(C)/C=C/CC(C)(C)OC. The van der Waals surface area contributed by atoms with Gasteiger partial charge in [-0.3, -0.25) is 0 Å². The van der Waals surface area contributed by atoms with Crippen LogP contribution in [-0.2, 0) is 9.47 Å². The molecule has 258 valence electrons. The van der Waals surface area contributed by atoms with Gasteiger partial charge < -0.3 is 9.47 Å². The molecule has 2 nitrogen and oxygen atoms in total. The molecule has 6 unspecified atom stereocenters. The second kappa shape index (κ2) is 25.0. The zero-order valence-corrected chi connectivity index (χ0v) is 31.8. The van der Waals surface area contributed by atoms with E-state index in [4.69, 9.17) is 9.47 Å². The number of ether oxygens (including phenoxy) is 2. The van der Waals surface area contributed by atoms with Gasteiger partial charge in [0, 0.05) is 14.2 Å². The van der Waals surface area contributed by atoms with Gasteiger partial charge in [-0.2, -0.15) is 0 Å². The summed E-state index contributed by atoms with van der Waals surface area (Å²) in [7, 11) is 3.59. The van der Waals surface area contributed by atoms with E-state index in [1.165, 1.54) is 70.6 Å². The summed E-state index contributed by atoms with van der Waals surface area (Å²) in [5, 5.41) is 0. The Balaban J connectivity index is 3.93. The highest BCUT2D eigenvalue weighted by atomic mass is 16.5. The Labute approximate surface area is 277 Å². The highest BCUT2D eigenvalue weighted by Crippen LogP contribution is 2.23. The standard InChI is InChI=1S/C42H78O2/c1-35(23-15-25-37(3)27-17-29-39(5)31-19-33-41(7,8)43-11)21-13-14-22-36(2)24-16-26-38(4)28-18-30-40(6)32-20-34-42(9,10)44-12/h13,17,19-21,27,31-32,35-40H,14-16,18,22-26,28-30,33-34H2,1-12H3/b21-13+,27-17+,31-19+,32-20+. The van der Waals surface area contributed by atoms with E-state index >= 15 is 0 Å². The molecule has 0 aromatic rings. The van der Waals surface area contributed by atoms with E-state index in [1.807, 2.05) is 0 Å². The molecule has 0 spiro atoms. The van der Waals surface area contributed by atoms with E-state index < -0.39 is 0 Å². The predicted molar refractivity (Wildman–Crippen MR) is 198 cm³/mol. The van der Waals surface area contributed by atoms with Crippen LogP contribution < -0.4 is 0 Å². The Morgan fingerprint density at radius 2 is 0.818 bits per heavy atom. The fraction of sp³-hybridized carbons (Fsp3) is 0.810. The van der Waals surface area contributed by atoms with E-state index in [9.17, 15) is 0 Å². The molecule has 44 heavy (non-hydrogen) atoms. The molecule has 6 atom stereocenters. The summed E-state index contributed by atoms with van der Waals surface area (Å²) in [6.45, 7) is 22.9. The minimum absolute atomic E-state index is 0.0477. The average molecular weight is 615 g/mol. The van der Waals surface area contributed by atoms with Crippen molar-refractivity contribution in [2.45, 2.75) is 170 Å². The zero-order valence-electron chi connectivity index (χ0n) is 31.8. The van der Waals surface area contributed by atoms with E-state index in [2.05, 4.69) is 118 Å². The number of methoxy groups -OCH3 is 2. The van der Waals surface area contributed by atoms with Gasteiger partial charge in [0.2, 0.25) is 0 Å². The molecule has 0 fully saturated rings. The minimum atomic E-state index is -0.0650. The molecule has 0 aliphatic rings. The molecule has 0 N–H and O–H groups in total. The van der Waals surface area contributed by atoms with Gasteiger partial charge in [-0.05, 0) is 115 Å². The molecule has 0 radical (unpaired) electrons. The third-order valence-electron chi connectivity index (χ3n) is 9.59. The summed E-state index contributed by atoms with van der Waals surface area (Å²) in [4.78, 5) is 0. The third-order valence-corrected chi connectivity index (χ3v) is 9.59. The van der Waals surface area contributed by atoms with Gasteiger partial charge >= 0.3 is 0 Å². The van der Waals surface area contributed by atoms with Gasteiger partial charge in [-0.1, -0.05) is 129 Å². The molecule has 0 heterocycles. The summed E-state index contributed by atoms with van der Waals surface area (Å²) in [6, 6.07) is 0. The first kappa shape index (κ1) is 42.9. The van der Waals surface area contributed by atoms with Gasteiger partial charge in [0.15, 0.2) is 0 Å². The first-order chi connectivity index (χ1) is 20.7. The van der Waals surface area contributed by atoms with Gasteiger partial charge in [-0.15, -0.1) is 0 Å². The van der Waals surface area contributed by atoms with Crippen molar-refractivity contribution < 1.29 is 9.47 Å². The first-order valence-corrected chi connectivity index (χ1v) is 18.5. The Bertz CT molecular complexity index is 786. The Hall–Kier alpha value is -1.12. The normalized spacial score (nSPS) is 17.6. The van der Waals surface area contributed by atoms with Crippen LogP contribution in [0.25, 0.3) is 0 Å². The number of allylic oxidation sites excluding steroid dienone is 6.